The molecule has 0 aromatic heterocycles. The molecule has 1 heterocycles. The van der Waals surface area contributed by atoms with Gasteiger partial charge in [-0.15, -0.1) is 12.4 Å². The van der Waals surface area contributed by atoms with Crippen molar-refractivity contribution in [2.45, 2.75) is 39.0 Å². The highest BCUT2D eigenvalue weighted by atomic mass is 35.5. The lowest BCUT2D eigenvalue weighted by atomic mass is 9.93. The molecule has 28 heavy (non-hydrogen) atoms. The summed E-state index contributed by atoms with van der Waals surface area (Å²) in [5.74, 6) is 0.563. The predicted molar refractivity (Wildman–Crippen MR) is 115 cm³/mol. The number of carbonyl (C=O) groups excluding carboxylic acids is 1. The smallest absolute Gasteiger partial charge is 0.253 e. The number of sulfonamides is 1. The van der Waals surface area contributed by atoms with E-state index in [0.717, 1.165) is 6.42 Å². The fourth-order valence-electron chi connectivity index (χ4n) is 3.72. The van der Waals surface area contributed by atoms with Gasteiger partial charge in [0.25, 0.3) is 5.91 Å². The van der Waals surface area contributed by atoms with Gasteiger partial charge >= 0.3 is 0 Å². The van der Waals surface area contributed by atoms with E-state index >= 15 is 0 Å². The first-order valence-corrected chi connectivity index (χ1v) is 11.0. The van der Waals surface area contributed by atoms with E-state index in [1.165, 1.54) is 12.1 Å². The number of piperidine rings is 1. The third kappa shape index (κ3) is 5.92. The Morgan fingerprint density at radius 3 is 2.14 bits per heavy atom. The number of rotatable bonds is 6. The van der Waals surface area contributed by atoms with Crippen molar-refractivity contribution < 1.29 is 13.2 Å². The second kappa shape index (κ2) is 9.57. The maximum Gasteiger partial charge on any atom is 0.253 e. The second-order valence-corrected chi connectivity index (χ2v) is 10.8. The van der Waals surface area contributed by atoms with Crippen LogP contribution in [0.3, 0.4) is 0 Å². The van der Waals surface area contributed by atoms with Crippen molar-refractivity contribution in [2.75, 3.05) is 33.2 Å². The highest BCUT2D eigenvalue weighted by Crippen LogP contribution is 2.27. The molecule has 1 aliphatic rings. The number of carbonyl (C=O) groups is 1. The Bertz CT molecular complexity index is 755. The molecule has 1 aromatic rings. The van der Waals surface area contributed by atoms with Crippen LogP contribution in [0.15, 0.2) is 29.2 Å². The molecule has 1 aliphatic heterocycles. The summed E-state index contributed by atoms with van der Waals surface area (Å²) in [6.07, 6.45) is 1.05. The molecular weight excluding hydrogens is 398 g/mol. The molecule has 1 saturated heterocycles. The molecule has 1 aromatic carbocycles. The van der Waals surface area contributed by atoms with Gasteiger partial charge in [-0.1, -0.05) is 27.7 Å². The standard InChI is InChI=1S/C20H33N3O3S.ClH/c1-15-10-16(2)12-23(11-15)27(25,26)18-8-6-17(7-9-18)19(24)22(5)14-20(3,4)13-21;/h6-9,15-16H,10-14,21H2,1-5H3;1H. The van der Waals surface area contributed by atoms with Crippen LogP contribution in [0.25, 0.3) is 0 Å². The summed E-state index contributed by atoms with van der Waals surface area (Å²) in [5.41, 5.74) is 6.05. The number of amides is 1. The summed E-state index contributed by atoms with van der Waals surface area (Å²) in [6.45, 7) is 10.3. The number of hydrogen-bond donors (Lipinski definition) is 1. The molecule has 0 radical (unpaired) electrons. The molecule has 8 heteroatoms. The molecule has 2 unspecified atom stereocenters. The summed E-state index contributed by atoms with van der Waals surface area (Å²) in [5, 5.41) is 0. The van der Waals surface area contributed by atoms with Crippen molar-refractivity contribution in [2.24, 2.45) is 23.0 Å². The molecule has 1 amide bonds. The average Bonchev–Trinajstić information content (AvgIpc) is 2.60. The fraction of sp³-hybridized carbons (Fsp3) is 0.650. The third-order valence-corrected chi connectivity index (χ3v) is 6.98. The monoisotopic (exact) mass is 431 g/mol. The van der Waals surface area contributed by atoms with E-state index in [1.807, 2.05) is 13.8 Å². The van der Waals surface area contributed by atoms with Gasteiger partial charge in [0, 0.05) is 32.2 Å². The van der Waals surface area contributed by atoms with E-state index in [2.05, 4.69) is 13.8 Å². The normalized spacial score (nSPS) is 21.1. The van der Waals surface area contributed by atoms with Gasteiger partial charge in [-0.2, -0.15) is 4.31 Å². The topological polar surface area (TPSA) is 83.7 Å². The molecule has 0 saturated carbocycles. The molecule has 2 N–H and O–H groups in total. The number of halogens is 1. The molecular formula is C20H34ClN3O3S. The zero-order valence-corrected chi connectivity index (χ0v) is 19.1. The summed E-state index contributed by atoms with van der Waals surface area (Å²) in [4.78, 5) is 14.5. The number of nitrogens with zero attached hydrogens (tertiary/aromatic N) is 2. The largest absolute Gasteiger partial charge is 0.341 e. The molecule has 1 fully saturated rings. The lowest BCUT2D eigenvalue weighted by molar-refractivity contribution is 0.0740. The van der Waals surface area contributed by atoms with Gasteiger partial charge in [-0.25, -0.2) is 8.42 Å². The minimum Gasteiger partial charge on any atom is -0.341 e. The fourth-order valence-corrected chi connectivity index (χ4v) is 5.40. The van der Waals surface area contributed by atoms with Crippen molar-refractivity contribution in [3.05, 3.63) is 29.8 Å². The Balaban J connectivity index is 0.00000392. The highest BCUT2D eigenvalue weighted by molar-refractivity contribution is 7.89. The van der Waals surface area contributed by atoms with Crippen LogP contribution in [0.5, 0.6) is 0 Å². The van der Waals surface area contributed by atoms with E-state index in [4.69, 9.17) is 5.73 Å². The summed E-state index contributed by atoms with van der Waals surface area (Å²) in [6, 6.07) is 6.26. The number of hydrogen-bond acceptors (Lipinski definition) is 4. The first kappa shape index (κ1) is 24.9. The van der Waals surface area contributed by atoms with Gasteiger partial charge in [-0.3, -0.25) is 4.79 Å². The van der Waals surface area contributed by atoms with Crippen molar-refractivity contribution in [3.8, 4) is 0 Å². The molecule has 2 atom stereocenters. The van der Waals surface area contributed by atoms with Crippen LogP contribution >= 0.6 is 12.4 Å². The van der Waals surface area contributed by atoms with Crippen molar-refractivity contribution >= 4 is 28.3 Å². The third-order valence-electron chi connectivity index (χ3n) is 5.14. The van der Waals surface area contributed by atoms with Crippen LogP contribution in [0.2, 0.25) is 0 Å². The van der Waals surface area contributed by atoms with Gasteiger partial charge in [0.15, 0.2) is 0 Å². The Hall–Kier alpha value is -1.15. The second-order valence-electron chi connectivity index (χ2n) is 8.82. The van der Waals surface area contributed by atoms with Gasteiger partial charge in [0.2, 0.25) is 10.0 Å². The van der Waals surface area contributed by atoms with Crippen molar-refractivity contribution in [3.63, 3.8) is 0 Å². The quantitative estimate of drug-likeness (QED) is 0.750. The Morgan fingerprint density at radius 1 is 1.18 bits per heavy atom. The van der Waals surface area contributed by atoms with Crippen molar-refractivity contribution in [1.82, 2.24) is 9.21 Å². The number of nitrogens with two attached hydrogens (primary N) is 1. The first-order valence-electron chi connectivity index (χ1n) is 9.52. The van der Waals surface area contributed by atoms with Gasteiger partial charge < -0.3 is 10.6 Å². The molecule has 0 aliphatic carbocycles. The van der Waals surface area contributed by atoms with Gasteiger partial charge in [0.1, 0.15) is 0 Å². The van der Waals surface area contributed by atoms with E-state index in [0.29, 0.717) is 43.6 Å². The highest BCUT2D eigenvalue weighted by Gasteiger charge is 2.31. The lowest BCUT2D eigenvalue weighted by Gasteiger charge is -2.34. The van der Waals surface area contributed by atoms with Crippen LogP contribution in [-0.4, -0.2) is 56.8 Å². The zero-order valence-electron chi connectivity index (χ0n) is 17.5. The minimum atomic E-state index is -3.53. The van der Waals surface area contributed by atoms with Gasteiger partial charge in [0.05, 0.1) is 4.90 Å². The van der Waals surface area contributed by atoms with Crippen LogP contribution < -0.4 is 5.73 Å². The van der Waals surface area contributed by atoms with Gasteiger partial charge in [-0.05, 0) is 54.5 Å². The van der Waals surface area contributed by atoms with Crippen molar-refractivity contribution in [1.29, 1.82) is 0 Å². The predicted octanol–water partition coefficient (Wildman–Crippen LogP) is 2.83. The Labute approximate surface area is 175 Å². The SMILES string of the molecule is CC1CC(C)CN(S(=O)(=O)c2ccc(C(=O)N(C)CC(C)(C)CN)cc2)C1.Cl. The summed E-state index contributed by atoms with van der Waals surface area (Å²) >= 11 is 0. The minimum absolute atomic E-state index is 0. The maximum atomic E-state index is 12.9. The molecule has 160 valence electrons. The average molecular weight is 432 g/mol. The van der Waals surface area contributed by atoms with Crippen LogP contribution in [0, 0.1) is 17.3 Å². The molecule has 2 rings (SSSR count). The number of benzene rings is 1. The van der Waals surface area contributed by atoms with E-state index in [1.54, 1.807) is 28.4 Å². The van der Waals surface area contributed by atoms with E-state index in [-0.39, 0.29) is 28.6 Å². The lowest BCUT2D eigenvalue weighted by Crippen LogP contribution is -2.42. The van der Waals surface area contributed by atoms with Crippen LogP contribution in [0.1, 0.15) is 44.5 Å². The molecule has 6 nitrogen and oxygen atoms in total. The summed E-state index contributed by atoms with van der Waals surface area (Å²) in [7, 11) is -1.79. The molecule has 0 spiro atoms. The van der Waals surface area contributed by atoms with E-state index < -0.39 is 10.0 Å². The maximum absolute atomic E-state index is 12.9. The van der Waals surface area contributed by atoms with E-state index in [9.17, 15) is 13.2 Å². The molecule has 0 bridgehead atoms. The zero-order chi connectivity index (χ0) is 20.4. The summed E-state index contributed by atoms with van der Waals surface area (Å²) < 4.78 is 27.4. The van der Waals surface area contributed by atoms with Crippen LogP contribution in [-0.2, 0) is 10.0 Å². The Morgan fingerprint density at radius 2 is 1.68 bits per heavy atom. The van der Waals surface area contributed by atoms with Crippen LogP contribution in [0.4, 0.5) is 0 Å². The first-order chi connectivity index (χ1) is 12.5. The Kier molecular flexibility index (Phi) is 8.50.